The summed E-state index contributed by atoms with van der Waals surface area (Å²) in [6.45, 7) is 0. The Morgan fingerprint density at radius 2 is 2.17 bits per heavy atom. The topological polar surface area (TPSA) is 110 Å². The summed E-state index contributed by atoms with van der Waals surface area (Å²) in [7, 11) is 2.02. The highest BCUT2D eigenvalue weighted by Gasteiger charge is 2.44. The summed E-state index contributed by atoms with van der Waals surface area (Å²) in [5, 5.41) is 20.6. The number of carbonyl (C=O) groups is 1. The molecule has 1 N–H and O–H groups in total. The molecule has 5 rings (SSSR count). The Bertz CT molecular complexity index is 1290. The molecule has 1 amide bonds. The molecule has 30 heavy (non-hydrogen) atoms. The SMILES string of the molecule is Cn1cccc1-c1ccc2nc(Cc3nnc(CC(=O)NC4(C#N)CC4)o3)sc2c1. The van der Waals surface area contributed by atoms with Crippen LogP contribution in [-0.4, -0.2) is 31.2 Å². The monoisotopic (exact) mass is 418 g/mol. The van der Waals surface area contributed by atoms with Gasteiger partial charge in [0.1, 0.15) is 17.0 Å². The largest absolute Gasteiger partial charge is 0.424 e. The zero-order valence-corrected chi connectivity index (χ0v) is 17.1. The minimum Gasteiger partial charge on any atom is -0.424 e. The Hall–Kier alpha value is -3.51. The molecule has 0 saturated heterocycles. The Kier molecular flexibility index (Phi) is 4.37. The third-order valence-electron chi connectivity index (χ3n) is 5.14. The number of aromatic nitrogens is 4. The summed E-state index contributed by atoms with van der Waals surface area (Å²) in [5.41, 5.74) is 2.52. The van der Waals surface area contributed by atoms with Gasteiger partial charge in [0, 0.05) is 18.9 Å². The molecule has 0 radical (unpaired) electrons. The Morgan fingerprint density at radius 1 is 1.33 bits per heavy atom. The molecular formula is C21H18N6O2S. The van der Waals surface area contributed by atoms with Gasteiger partial charge < -0.3 is 14.3 Å². The first kappa shape index (κ1) is 18.5. The predicted octanol–water partition coefficient (Wildman–Crippen LogP) is 2.99. The molecule has 1 aliphatic rings. The van der Waals surface area contributed by atoms with Gasteiger partial charge in [0.25, 0.3) is 0 Å². The molecule has 1 saturated carbocycles. The molecule has 0 aliphatic heterocycles. The van der Waals surface area contributed by atoms with E-state index in [0.29, 0.717) is 25.2 Å². The van der Waals surface area contributed by atoms with E-state index in [1.54, 1.807) is 11.3 Å². The molecule has 1 aliphatic carbocycles. The summed E-state index contributed by atoms with van der Waals surface area (Å²) < 4.78 is 8.79. The van der Waals surface area contributed by atoms with E-state index in [-0.39, 0.29) is 18.2 Å². The van der Waals surface area contributed by atoms with Gasteiger partial charge in [-0.3, -0.25) is 4.79 Å². The van der Waals surface area contributed by atoms with Gasteiger partial charge in [0.15, 0.2) is 0 Å². The lowest BCUT2D eigenvalue weighted by Gasteiger charge is -2.06. The maximum absolute atomic E-state index is 12.1. The summed E-state index contributed by atoms with van der Waals surface area (Å²) in [4.78, 5) is 16.7. The Labute approximate surface area is 176 Å². The van der Waals surface area contributed by atoms with Gasteiger partial charge in [-0.15, -0.1) is 21.5 Å². The lowest BCUT2D eigenvalue weighted by atomic mass is 10.1. The van der Waals surface area contributed by atoms with Crippen molar-refractivity contribution in [3.8, 4) is 17.3 Å². The number of rotatable bonds is 6. The number of nitriles is 1. The van der Waals surface area contributed by atoms with E-state index >= 15 is 0 Å². The van der Waals surface area contributed by atoms with Crippen molar-refractivity contribution >= 4 is 27.5 Å². The van der Waals surface area contributed by atoms with E-state index in [1.165, 1.54) is 0 Å². The maximum atomic E-state index is 12.1. The zero-order valence-electron chi connectivity index (χ0n) is 16.3. The Morgan fingerprint density at radius 3 is 2.90 bits per heavy atom. The number of benzene rings is 1. The molecule has 150 valence electrons. The van der Waals surface area contributed by atoms with Crippen LogP contribution in [0.3, 0.4) is 0 Å². The van der Waals surface area contributed by atoms with Crippen molar-refractivity contribution in [1.82, 2.24) is 25.1 Å². The molecule has 3 heterocycles. The number of nitrogens with zero attached hydrogens (tertiary/aromatic N) is 5. The number of hydrogen-bond donors (Lipinski definition) is 1. The van der Waals surface area contributed by atoms with Gasteiger partial charge in [0.2, 0.25) is 17.7 Å². The minimum atomic E-state index is -0.695. The molecule has 1 aromatic carbocycles. The molecule has 0 bridgehead atoms. The average molecular weight is 418 g/mol. The van der Waals surface area contributed by atoms with E-state index in [1.807, 2.05) is 25.4 Å². The van der Waals surface area contributed by atoms with E-state index < -0.39 is 5.54 Å². The normalized spacial score (nSPS) is 14.5. The first-order valence-corrected chi connectivity index (χ1v) is 10.4. The number of nitrogens with one attached hydrogen (secondary N) is 1. The van der Waals surface area contributed by atoms with Gasteiger partial charge in [-0.2, -0.15) is 5.26 Å². The standard InChI is InChI=1S/C21H18N6O2S/c1-27-8-2-3-15(27)13-4-5-14-16(9-13)30-20(23-14)11-19-26-25-18(29-19)10-17(28)24-21(12-22)6-7-21/h2-5,8-9H,6-7,10-11H2,1H3,(H,24,28). The quantitative estimate of drug-likeness (QED) is 0.515. The molecule has 0 unspecified atom stereocenters. The van der Waals surface area contributed by atoms with Crippen LogP contribution in [0.5, 0.6) is 0 Å². The summed E-state index contributed by atoms with van der Waals surface area (Å²) in [6.07, 6.45) is 3.78. The highest BCUT2D eigenvalue weighted by Crippen LogP contribution is 2.34. The zero-order chi connectivity index (χ0) is 20.7. The minimum absolute atomic E-state index is 0.0314. The van der Waals surface area contributed by atoms with Crippen LogP contribution in [0.25, 0.3) is 21.5 Å². The van der Waals surface area contributed by atoms with Crippen molar-refractivity contribution < 1.29 is 9.21 Å². The number of carbonyl (C=O) groups excluding carboxylic acids is 1. The van der Waals surface area contributed by atoms with Crippen molar-refractivity contribution in [3.05, 3.63) is 53.3 Å². The fourth-order valence-electron chi connectivity index (χ4n) is 3.37. The third kappa shape index (κ3) is 3.57. The molecule has 3 aromatic heterocycles. The Balaban J connectivity index is 1.28. The lowest BCUT2D eigenvalue weighted by Crippen LogP contribution is -2.36. The molecule has 9 heteroatoms. The van der Waals surface area contributed by atoms with Crippen molar-refractivity contribution in [3.63, 3.8) is 0 Å². The lowest BCUT2D eigenvalue weighted by molar-refractivity contribution is -0.121. The van der Waals surface area contributed by atoms with Crippen LogP contribution in [-0.2, 0) is 24.7 Å². The number of amides is 1. The molecule has 0 atom stereocenters. The van der Waals surface area contributed by atoms with Crippen LogP contribution in [0.15, 0.2) is 40.9 Å². The van der Waals surface area contributed by atoms with Crippen LogP contribution in [0.4, 0.5) is 0 Å². The highest BCUT2D eigenvalue weighted by molar-refractivity contribution is 7.18. The number of hydrogen-bond acceptors (Lipinski definition) is 7. The first-order chi connectivity index (χ1) is 14.5. The predicted molar refractivity (Wildman–Crippen MR) is 111 cm³/mol. The summed E-state index contributed by atoms with van der Waals surface area (Å²) in [6, 6.07) is 12.5. The number of fused-ring (bicyclic) bond motifs is 1. The highest BCUT2D eigenvalue weighted by atomic mass is 32.1. The number of aryl methyl sites for hydroxylation is 1. The second-order valence-corrected chi connectivity index (χ2v) is 8.59. The second kappa shape index (κ2) is 7.07. The maximum Gasteiger partial charge on any atom is 0.230 e. The summed E-state index contributed by atoms with van der Waals surface area (Å²) in [5.74, 6) is 0.377. The van der Waals surface area contributed by atoms with Crippen molar-refractivity contribution in [2.45, 2.75) is 31.2 Å². The molecule has 1 fully saturated rings. The van der Waals surface area contributed by atoms with E-state index in [0.717, 1.165) is 26.5 Å². The fourth-order valence-corrected chi connectivity index (χ4v) is 4.36. The fraction of sp³-hybridized carbons (Fsp3) is 0.286. The smallest absolute Gasteiger partial charge is 0.230 e. The number of thiazole rings is 1. The van der Waals surface area contributed by atoms with Gasteiger partial charge in [0.05, 0.1) is 22.7 Å². The van der Waals surface area contributed by atoms with Crippen molar-refractivity contribution in [1.29, 1.82) is 5.26 Å². The second-order valence-electron chi connectivity index (χ2n) is 7.48. The van der Waals surface area contributed by atoms with Crippen LogP contribution in [0.1, 0.15) is 29.6 Å². The first-order valence-electron chi connectivity index (χ1n) is 9.58. The molecule has 0 spiro atoms. The van der Waals surface area contributed by atoms with Crippen LogP contribution in [0.2, 0.25) is 0 Å². The van der Waals surface area contributed by atoms with E-state index in [9.17, 15) is 4.79 Å². The van der Waals surface area contributed by atoms with Crippen LogP contribution in [0, 0.1) is 11.3 Å². The molecular weight excluding hydrogens is 400 g/mol. The van der Waals surface area contributed by atoms with Gasteiger partial charge in [-0.05, 0) is 42.7 Å². The average Bonchev–Trinajstić information content (AvgIpc) is 3.05. The van der Waals surface area contributed by atoms with Gasteiger partial charge in [-0.25, -0.2) is 4.98 Å². The van der Waals surface area contributed by atoms with Gasteiger partial charge >= 0.3 is 0 Å². The van der Waals surface area contributed by atoms with Crippen LogP contribution < -0.4 is 5.32 Å². The van der Waals surface area contributed by atoms with E-state index in [4.69, 9.17) is 9.68 Å². The van der Waals surface area contributed by atoms with Gasteiger partial charge in [-0.1, -0.05) is 6.07 Å². The third-order valence-corrected chi connectivity index (χ3v) is 6.16. The van der Waals surface area contributed by atoms with Crippen LogP contribution >= 0.6 is 11.3 Å². The summed E-state index contributed by atoms with van der Waals surface area (Å²) >= 11 is 1.59. The molecule has 4 aromatic rings. The van der Waals surface area contributed by atoms with Crippen molar-refractivity contribution in [2.24, 2.45) is 7.05 Å². The molecule has 8 nitrogen and oxygen atoms in total. The van der Waals surface area contributed by atoms with E-state index in [2.05, 4.69) is 49.3 Å². The van der Waals surface area contributed by atoms with Crippen molar-refractivity contribution in [2.75, 3.05) is 0 Å².